The molecule has 0 atom stereocenters. The number of nitrogens with zero attached hydrogens (tertiary/aromatic N) is 3. The Kier molecular flexibility index (Phi) is 3.63. The highest BCUT2D eigenvalue weighted by Crippen LogP contribution is 2.24. The lowest BCUT2D eigenvalue weighted by atomic mass is 10.1. The largest absolute Gasteiger partial charge is 0.491 e. The number of aromatic nitrogens is 2. The Hall–Kier alpha value is -2.28. The molecule has 2 aromatic rings. The summed E-state index contributed by atoms with van der Waals surface area (Å²) in [5.41, 5.74) is 2.67. The van der Waals surface area contributed by atoms with Gasteiger partial charge in [-0.05, 0) is 37.1 Å². The highest BCUT2D eigenvalue weighted by molar-refractivity contribution is 5.47. The zero-order valence-electron chi connectivity index (χ0n) is 10.6. The molecule has 0 N–H and O–H groups in total. The van der Waals surface area contributed by atoms with E-state index in [9.17, 15) is 0 Å². The molecule has 0 radical (unpaired) electrons. The number of rotatable bonds is 4. The standard InChI is InChI=1S/C14H15N3O/c1-11-7-13(9-15)8-12(2)14(11)18-6-5-17-4-3-16-10-17/h3-4,7-8,10H,5-6H2,1-2H3. The zero-order chi connectivity index (χ0) is 13.0. The van der Waals surface area contributed by atoms with E-state index in [2.05, 4.69) is 11.1 Å². The lowest BCUT2D eigenvalue weighted by molar-refractivity contribution is 0.294. The second-order valence-corrected chi connectivity index (χ2v) is 4.20. The van der Waals surface area contributed by atoms with Crippen LogP contribution in [-0.4, -0.2) is 16.2 Å². The van der Waals surface area contributed by atoms with Crippen molar-refractivity contribution in [3.8, 4) is 11.8 Å². The summed E-state index contributed by atoms with van der Waals surface area (Å²) < 4.78 is 7.75. The van der Waals surface area contributed by atoms with Crippen LogP contribution in [0, 0.1) is 25.2 Å². The Bertz CT molecular complexity index is 544. The van der Waals surface area contributed by atoms with Crippen LogP contribution in [0.2, 0.25) is 0 Å². The average molecular weight is 241 g/mol. The molecule has 0 aliphatic carbocycles. The van der Waals surface area contributed by atoms with Crippen LogP contribution in [0.15, 0.2) is 30.9 Å². The van der Waals surface area contributed by atoms with Gasteiger partial charge in [-0.2, -0.15) is 5.26 Å². The molecule has 0 aliphatic heterocycles. The first-order chi connectivity index (χ1) is 8.70. The van der Waals surface area contributed by atoms with Gasteiger partial charge >= 0.3 is 0 Å². The monoisotopic (exact) mass is 241 g/mol. The molecule has 18 heavy (non-hydrogen) atoms. The highest BCUT2D eigenvalue weighted by atomic mass is 16.5. The van der Waals surface area contributed by atoms with E-state index in [1.807, 2.05) is 36.7 Å². The molecule has 1 aromatic carbocycles. The normalized spacial score (nSPS) is 10.1. The predicted octanol–water partition coefficient (Wildman–Crippen LogP) is 2.45. The molecule has 92 valence electrons. The average Bonchev–Trinajstić information content (AvgIpc) is 2.85. The van der Waals surface area contributed by atoms with Gasteiger partial charge < -0.3 is 9.30 Å². The minimum atomic E-state index is 0.587. The van der Waals surface area contributed by atoms with E-state index < -0.39 is 0 Å². The van der Waals surface area contributed by atoms with Crippen molar-refractivity contribution in [2.75, 3.05) is 6.61 Å². The quantitative estimate of drug-likeness (QED) is 0.826. The molecule has 0 saturated carbocycles. The van der Waals surface area contributed by atoms with Gasteiger partial charge in [-0.15, -0.1) is 0 Å². The number of hydrogen-bond donors (Lipinski definition) is 0. The minimum Gasteiger partial charge on any atom is -0.491 e. The van der Waals surface area contributed by atoms with Gasteiger partial charge in [0.1, 0.15) is 12.4 Å². The fraction of sp³-hybridized carbons (Fsp3) is 0.286. The SMILES string of the molecule is Cc1cc(C#N)cc(C)c1OCCn1ccnc1. The molecule has 4 heteroatoms. The third kappa shape index (κ3) is 2.69. The van der Waals surface area contributed by atoms with Crippen molar-refractivity contribution in [1.29, 1.82) is 5.26 Å². The van der Waals surface area contributed by atoms with Crippen LogP contribution in [0.1, 0.15) is 16.7 Å². The number of aryl methyl sites for hydroxylation is 2. The fourth-order valence-corrected chi connectivity index (χ4v) is 1.91. The van der Waals surface area contributed by atoms with Crippen molar-refractivity contribution in [3.63, 3.8) is 0 Å². The Morgan fingerprint density at radius 2 is 2.06 bits per heavy atom. The van der Waals surface area contributed by atoms with Gasteiger partial charge in [-0.25, -0.2) is 4.98 Å². The molecule has 1 heterocycles. The van der Waals surface area contributed by atoms with E-state index in [4.69, 9.17) is 10.00 Å². The van der Waals surface area contributed by atoms with Crippen LogP contribution < -0.4 is 4.74 Å². The third-order valence-corrected chi connectivity index (χ3v) is 2.74. The molecule has 0 bridgehead atoms. The first-order valence-electron chi connectivity index (χ1n) is 5.80. The Morgan fingerprint density at radius 1 is 1.33 bits per heavy atom. The van der Waals surface area contributed by atoms with Crippen LogP contribution in [-0.2, 0) is 6.54 Å². The number of ether oxygens (including phenoxy) is 1. The number of imidazole rings is 1. The van der Waals surface area contributed by atoms with E-state index in [1.54, 1.807) is 12.5 Å². The fourth-order valence-electron chi connectivity index (χ4n) is 1.91. The van der Waals surface area contributed by atoms with Gasteiger partial charge in [0.15, 0.2) is 0 Å². The van der Waals surface area contributed by atoms with Gasteiger partial charge in [-0.1, -0.05) is 0 Å². The van der Waals surface area contributed by atoms with Crippen molar-refractivity contribution >= 4 is 0 Å². The van der Waals surface area contributed by atoms with Crippen LogP contribution in [0.5, 0.6) is 5.75 Å². The molecule has 0 unspecified atom stereocenters. The van der Waals surface area contributed by atoms with E-state index >= 15 is 0 Å². The molecule has 1 aromatic heterocycles. The van der Waals surface area contributed by atoms with Crippen molar-refractivity contribution < 1.29 is 4.74 Å². The lowest BCUT2D eigenvalue weighted by Gasteiger charge is -2.12. The first kappa shape index (κ1) is 12.2. The zero-order valence-corrected chi connectivity index (χ0v) is 10.6. The predicted molar refractivity (Wildman–Crippen MR) is 68.4 cm³/mol. The van der Waals surface area contributed by atoms with Gasteiger partial charge in [0.05, 0.1) is 24.5 Å². The molecular formula is C14H15N3O. The summed E-state index contributed by atoms with van der Waals surface area (Å²) in [4.78, 5) is 3.98. The summed E-state index contributed by atoms with van der Waals surface area (Å²) in [6.07, 6.45) is 5.42. The van der Waals surface area contributed by atoms with E-state index in [1.165, 1.54) is 0 Å². The van der Waals surface area contributed by atoms with Gasteiger partial charge in [-0.3, -0.25) is 0 Å². The van der Waals surface area contributed by atoms with Crippen molar-refractivity contribution in [1.82, 2.24) is 9.55 Å². The second kappa shape index (κ2) is 5.37. The smallest absolute Gasteiger partial charge is 0.125 e. The number of benzene rings is 1. The summed E-state index contributed by atoms with van der Waals surface area (Å²) in [6, 6.07) is 5.84. The van der Waals surface area contributed by atoms with E-state index in [0.29, 0.717) is 12.2 Å². The maximum Gasteiger partial charge on any atom is 0.125 e. The molecular weight excluding hydrogens is 226 g/mol. The van der Waals surface area contributed by atoms with Crippen molar-refractivity contribution in [2.45, 2.75) is 20.4 Å². The van der Waals surface area contributed by atoms with Gasteiger partial charge in [0, 0.05) is 12.4 Å². The highest BCUT2D eigenvalue weighted by Gasteiger charge is 2.06. The summed E-state index contributed by atoms with van der Waals surface area (Å²) in [6.45, 7) is 5.27. The van der Waals surface area contributed by atoms with E-state index in [0.717, 1.165) is 23.4 Å². The van der Waals surface area contributed by atoms with Crippen LogP contribution in [0.4, 0.5) is 0 Å². The topological polar surface area (TPSA) is 50.8 Å². The van der Waals surface area contributed by atoms with Crippen molar-refractivity contribution in [3.05, 3.63) is 47.5 Å². The number of nitriles is 1. The molecule has 0 aliphatic rings. The molecule has 4 nitrogen and oxygen atoms in total. The van der Waals surface area contributed by atoms with Crippen LogP contribution >= 0.6 is 0 Å². The minimum absolute atomic E-state index is 0.587. The summed E-state index contributed by atoms with van der Waals surface area (Å²) in [7, 11) is 0. The summed E-state index contributed by atoms with van der Waals surface area (Å²) in [5.74, 6) is 0.870. The molecule has 0 amide bonds. The molecule has 0 saturated heterocycles. The van der Waals surface area contributed by atoms with Gasteiger partial charge in [0.2, 0.25) is 0 Å². The van der Waals surface area contributed by atoms with Crippen molar-refractivity contribution in [2.24, 2.45) is 0 Å². The van der Waals surface area contributed by atoms with Crippen LogP contribution in [0.25, 0.3) is 0 Å². The Morgan fingerprint density at radius 3 is 2.61 bits per heavy atom. The summed E-state index contributed by atoms with van der Waals surface area (Å²) in [5, 5.41) is 8.88. The lowest BCUT2D eigenvalue weighted by Crippen LogP contribution is -2.08. The maximum absolute atomic E-state index is 8.88. The Labute approximate surface area is 106 Å². The van der Waals surface area contributed by atoms with E-state index in [-0.39, 0.29) is 0 Å². The summed E-state index contributed by atoms with van der Waals surface area (Å²) >= 11 is 0. The Balaban J connectivity index is 2.03. The van der Waals surface area contributed by atoms with Crippen LogP contribution in [0.3, 0.4) is 0 Å². The molecule has 0 fully saturated rings. The maximum atomic E-state index is 8.88. The second-order valence-electron chi connectivity index (χ2n) is 4.20. The number of hydrogen-bond acceptors (Lipinski definition) is 3. The first-order valence-corrected chi connectivity index (χ1v) is 5.80. The molecule has 0 spiro atoms. The third-order valence-electron chi connectivity index (χ3n) is 2.74. The van der Waals surface area contributed by atoms with Gasteiger partial charge in [0.25, 0.3) is 0 Å². The molecule has 2 rings (SSSR count).